The largest absolute Gasteiger partial charge is 0.494 e. The van der Waals surface area contributed by atoms with E-state index < -0.39 is 5.91 Å². The van der Waals surface area contributed by atoms with Crippen LogP contribution in [0.3, 0.4) is 0 Å². The molecule has 0 aliphatic carbocycles. The predicted molar refractivity (Wildman–Crippen MR) is 127 cm³/mol. The van der Waals surface area contributed by atoms with E-state index >= 15 is 0 Å². The lowest BCUT2D eigenvalue weighted by Gasteiger charge is -2.35. The van der Waals surface area contributed by atoms with E-state index in [2.05, 4.69) is 14.9 Å². The van der Waals surface area contributed by atoms with Gasteiger partial charge in [0, 0.05) is 48.5 Å². The molecule has 178 valence electrons. The van der Waals surface area contributed by atoms with Crippen molar-refractivity contribution in [2.75, 3.05) is 20.2 Å². The van der Waals surface area contributed by atoms with Gasteiger partial charge in [0.2, 0.25) is 0 Å². The monoisotopic (exact) mass is 474 g/mol. The fraction of sp³-hybridized carbons (Fsp3) is 0.192. The Labute approximate surface area is 200 Å². The molecule has 35 heavy (non-hydrogen) atoms. The summed E-state index contributed by atoms with van der Waals surface area (Å²) in [5, 5.41) is 19.1. The smallest absolute Gasteiger partial charge is 0.279 e. The van der Waals surface area contributed by atoms with Crippen LogP contribution in [0.25, 0.3) is 33.3 Å². The topological polar surface area (TPSA) is 108 Å². The molecule has 3 N–H and O–H groups in total. The van der Waals surface area contributed by atoms with Crippen molar-refractivity contribution in [1.82, 2.24) is 20.3 Å². The Bertz CT molecular complexity index is 1400. The average molecular weight is 474 g/mol. The molecule has 0 saturated carbocycles. The van der Waals surface area contributed by atoms with Crippen LogP contribution in [0, 0.1) is 5.82 Å². The third-order valence-electron chi connectivity index (χ3n) is 6.12. The van der Waals surface area contributed by atoms with Crippen molar-refractivity contribution in [3.05, 3.63) is 77.9 Å². The summed E-state index contributed by atoms with van der Waals surface area (Å²) < 4.78 is 20.4. The second kappa shape index (κ2) is 9.38. The first-order valence-electron chi connectivity index (χ1n) is 11.0. The molecule has 0 radical (unpaired) electrons. The molecular weight excluding hydrogens is 451 g/mol. The van der Waals surface area contributed by atoms with Crippen LogP contribution in [0.4, 0.5) is 4.39 Å². The Morgan fingerprint density at radius 3 is 2.57 bits per heavy atom. The number of amides is 1. The molecule has 2 aromatic carbocycles. The highest BCUT2D eigenvalue weighted by Gasteiger charge is 2.25. The van der Waals surface area contributed by atoms with Gasteiger partial charge in [-0.05, 0) is 23.3 Å². The number of halogens is 1. The zero-order valence-electron chi connectivity index (χ0n) is 18.9. The molecule has 1 saturated heterocycles. The molecule has 1 aliphatic rings. The number of carbonyl (C=O) groups is 1. The Balaban J connectivity index is 1.49. The fourth-order valence-electron chi connectivity index (χ4n) is 4.39. The van der Waals surface area contributed by atoms with Gasteiger partial charge in [0.15, 0.2) is 5.75 Å². The molecule has 9 heteroatoms. The SMILES string of the molecule is COc1c(-c2ccc(-c3ccc(CN4CC(O)C4)cc3F)cc2)nc2ccncc2c1C(=O)NO. The summed E-state index contributed by atoms with van der Waals surface area (Å²) in [4.78, 5) is 23.2. The van der Waals surface area contributed by atoms with Gasteiger partial charge in [-0.3, -0.25) is 19.9 Å². The van der Waals surface area contributed by atoms with Crippen LogP contribution in [0.2, 0.25) is 0 Å². The van der Waals surface area contributed by atoms with Crippen molar-refractivity contribution in [3.63, 3.8) is 0 Å². The van der Waals surface area contributed by atoms with Crippen molar-refractivity contribution < 1.29 is 24.2 Å². The normalized spacial score (nSPS) is 14.1. The van der Waals surface area contributed by atoms with E-state index in [0.29, 0.717) is 52.9 Å². The average Bonchev–Trinajstić information content (AvgIpc) is 2.86. The van der Waals surface area contributed by atoms with Crippen molar-refractivity contribution >= 4 is 16.8 Å². The predicted octanol–water partition coefficient (Wildman–Crippen LogP) is 3.41. The fourth-order valence-corrected chi connectivity index (χ4v) is 4.39. The first kappa shape index (κ1) is 22.9. The number of nitrogens with zero attached hydrogens (tertiary/aromatic N) is 3. The molecule has 2 aromatic heterocycles. The highest BCUT2D eigenvalue weighted by atomic mass is 19.1. The number of hydrogen-bond acceptors (Lipinski definition) is 7. The van der Waals surface area contributed by atoms with Crippen LogP contribution in [0.5, 0.6) is 5.75 Å². The number of nitrogens with one attached hydrogen (secondary N) is 1. The summed E-state index contributed by atoms with van der Waals surface area (Å²) in [7, 11) is 1.42. The minimum Gasteiger partial charge on any atom is -0.494 e. The lowest BCUT2D eigenvalue weighted by molar-refractivity contribution is -0.00289. The number of benzene rings is 2. The summed E-state index contributed by atoms with van der Waals surface area (Å²) in [6.45, 7) is 1.81. The van der Waals surface area contributed by atoms with E-state index in [1.54, 1.807) is 48.1 Å². The van der Waals surface area contributed by atoms with Gasteiger partial charge in [0.25, 0.3) is 5.91 Å². The number of ether oxygens (including phenoxy) is 1. The maximum Gasteiger partial charge on any atom is 0.279 e. The summed E-state index contributed by atoms with van der Waals surface area (Å²) in [5.74, 6) is -0.876. The molecule has 1 fully saturated rings. The zero-order chi connectivity index (χ0) is 24.5. The van der Waals surface area contributed by atoms with Gasteiger partial charge in [-0.25, -0.2) is 14.9 Å². The third-order valence-corrected chi connectivity index (χ3v) is 6.12. The van der Waals surface area contributed by atoms with Gasteiger partial charge >= 0.3 is 0 Å². The lowest BCUT2D eigenvalue weighted by atomic mass is 9.98. The van der Waals surface area contributed by atoms with E-state index in [1.165, 1.54) is 19.4 Å². The van der Waals surface area contributed by atoms with Gasteiger partial charge < -0.3 is 9.84 Å². The number of aliphatic hydroxyl groups excluding tert-OH is 1. The summed E-state index contributed by atoms with van der Waals surface area (Å²) >= 11 is 0. The highest BCUT2D eigenvalue weighted by molar-refractivity contribution is 6.09. The van der Waals surface area contributed by atoms with Gasteiger partial charge in [-0.1, -0.05) is 36.4 Å². The minimum absolute atomic E-state index is 0.114. The molecular formula is C26H23FN4O4. The number of β-amino-alcohol motifs (C(OH)–C–C–N with tert-alkyl or cyclic N) is 1. The number of aliphatic hydroxyl groups is 1. The number of likely N-dealkylation sites (tertiary alicyclic amines) is 1. The summed E-state index contributed by atoms with van der Waals surface area (Å²) in [6.07, 6.45) is 2.75. The van der Waals surface area contributed by atoms with Crippen LogP contribution >= 0.6 is 0 Å². The standard InChI is InChI=1S/C26H23FN4O4/c1-35-25-23(26(33)30-34)20-11-28-9-8-22(20)29-24(25)17-5-3-16(4-6-17)19-7-2-15(10-21(19)27)12-31-13-18(32)14-31/h2-11,18,32,34H,12-14H2,1H3,(H,30,33). The number of fused-ring (bicyclic) bond motifs is 1. The molecule has 0 atom stereocenters. The van der Waals surface area contributed by atoms with Gasteiger partial charge in [-0.15, -0.1) is 0 Å². The highest BCUT2D eigenvalue weighted by Crippen LogP contribution is 2.37. The number of hydrogen-bond donors (Lipinski definition) is 3. The zero-order valence-corrected chi connectivity index (χ0v) is 18.9. The first-order chi connectivity index (χ1) is 17.0. The van der Waals surface area contributed by atoms with Crippen LogP contribution in [-0.2, 0) is 6.54 Å². The molecule has 0 unspecified atom stereocenters. The number of rotatable bonds is 6. The second-order valence-corrected chi connectivity index (χ2v) is 8.44. The number of methoxy groups -OCH3 is 1. The van der Waals surface area contributed by atoms with E-state index in [4.69, 9.17) is 4.74 Å². The minimum atomic E-state index is -0.741. The molecule has 0 spiro atoms. The van der Waals surface area contributed by atoms with Gasteiger partial charge in [-0.2, -0.15) is 0 Å². The molecule has 8 nitrogen and oxygen atoms in total. The lowest BCUT2D eigenvalue weighted by Crippen LogP contribution is -2.49. The molecule has 0 bridgehead atoms. The maximum absolute atomic E-state index is 14.9. The Hall–Kier alpha value is -3.92. The Morgan fingerprint density at radius 1 is 1.17 bits per heavy atom. The van der Waals surface area contributed by atoms with Crippen LogP contribution in [0.15, 0.2) is 60.9 Å². The number of pyridine rings is 2. The van der Waals surface area contributed by atoms with Crippen molar-refractivity contribution in [2.24, 2.45) is 0 Å². The first-order valence-corrected chi connectivity index (χ1v) is 11.0. The van der Waals surface area contributed by atoms with Crippen LogP contribution in [-0.4, -0.2) is 57.4 Å². The van der Waals surface area contributed by atoms with Crippen LogP contribution in [0.1, 0.15) is 15.9 Å². The van der Waals surface area contributed by atoms with E-state index in [0.717, 1.165) is 5.56 Å². The van der Waals surface area contributed by atoms with E-state index in [9.17, 15) is 19.5 Å². The Kier molecular flexibility index (Phi) is 6.12. The van der Waals surface area contributed by atoms with Crippen LogP contribution < -0.4 is 10.2 Å². The molecule has 4 aromatic rings. The maximum atomic E-state index is 14.9. The summed E-state index contributed by atoms with van der Waals surface area (Å²) in [5.41, 5.74) is 5.35. The number of hydroxylamine groups is 1. The Morgan fingerprint density at radius 2 is 1.91 bits per heavy atom. The number of aromatic nitrogens is 2. The molecule has 1 amide bonds. The molecule has 5 rings (SSSR count). The van der Waals surface area contributed by atoms with Crippen molar-refractivity contribution in [3.8, 4) is 28.1 Å². The van der Waals surface area contributed by atoms with E-state index in [-0.39, 0.29) is 23.2 Å². The second-order valence-electron chi connectivity index (χ2n) is 8.44. The quantitative estimate of drug-likeness (QED) is 0.290. The molecule has 3 heterocycles. The van der Waals surface area contributed by atoms with Crippen molar-refractivity contribution in [2.45, 2.75) is 12.6 Å². The van der Waals surface area contributed by atoms with Gasteiger partial charge in [0.05, 0.1) is 24.3 Å². The third kappa shape index (κ3) is 4.32. The molecule has 1 aliphatic heterocycles. The number of carbonyl (C=O) groups excluding carboxylic acids is 1. The summed E-state index contributed by atoms with van der Waals surface area (Å²) in [6, 6.07) is 13.9. The van der Waals surface area contributed by atoms with E-state index in [1.807, 2.05) is 6.07 Å². The van der Waals surface area contributed by atoms with Crippen molar-refractivity contribution in [1.29, 1.82) is 0 Å². The van der Waals surface area contributed by atoms with Gasteiger partial charge in [0.1, 0.15) is 11.5 Å².